The van der Waals surface area contributed by atoms with E-state index in [0.29, 0.717) is 61.2 Å². The summed E-state index contributed by atoms with van der Waals surface area (Å²) in [6.07, 6.45) is -38.3. The van der Waals surface area contributed by atoms with Crippen LogP contribution in [0.2, 0.25) is 0 Å². The van der Waals surface area contributed by atoms with E-state index in [2.05, 4.69) is 53.6 Å². The van der Waals surface area contributed by atoms with Crippen LogP contribution in [0.1, 0.15) is 336 Å². The van der Waals surface area contributed by atoms with Gasteiger partial charge in [0.25, 0.3) is 0 Å². The number of hydrogen-bond donors (Lipinski definition) is 0. The largest absolute Gasteiger partial charge is 0.522 e. The van der Waals surface area contributed by atoms with Crippen molar-refractivity contribution in [1.29, 1.82) is 0 Å². The Morgan fingerprint density at radius 2 is 0.429 bits per heavy atom. The molecule has 15 aliphatic rings. The third-order valence-corrected chi connectivity index (χ3v) is 34.9. The molecule has 15 rings (SSSR count). The molecule has 15 aliphatic carbocycles. The van der Waals surface area contributed by atoms with Crippen LogP contribution in [0.3, 0.4) is 0 Å². The second-order valence-electron chi connectivity index (χ2n) is 44.9. The molecule has 0 radical (unpaired) electrons. The average molecular weight is 2240 g/mol. The maximum Gasteiger partial charge on any atom is 0.522 e. The molecule has 15 fully saturated rings. The Morgan fingerprint density at radius 1 is 0.224 bits per heavy atom. The third-order valence-electron chi connectivity index (χ3n) is 34.4. The molecular formula is C101H183ClF28O17. The summed E-state index contributed by atoms with van der Waals surface area (Å²) in [4.78, 5) is 12.3. The fraction of sp³-hybridized carbons (Fsp3) is 0.990. The summed E-state index contributed by atoms with van der Waals surface area (Å²) in [5.74, 6) is 0.899. The van der Waals surface area contributed by atoms with Crippen LogP contribution in [0, 0.1) is 118 Å². The van der Waals surface area contributed by atoms with E-state index >= 15 is 0 Å². The van der Waals surface area contributed by atoms with Gasteiger partial charge in [0.05, 0.1) is 35.5 Å². The van der Waals surface area contributed by atoms with Gasteiger partial charge in [0.2, 0.25) is 0 Å². The van der Waals surface area contributed by atoms with E-state index in [0.717, 1.165) is 152 Å². The molecule has 0 spiro atoms. The van der Waals surface area contributed by atoms with Crippen molar-refractivity contribution in [3.05, 3.63) is 0 Å². The van der Waals surface area contributed by atoms with E-state index < -0.39 is 229 Å². The Bertz CT molecular complexity index is 3370. The predicted molar refractivity (Wildman–Crippen MR) is 513 cm³/mol. The molecule has 22 N–H and O–H groups in total. The van der Waals surface area contributed by atoms with Crippen LogP contribution in [0.4, 0.5) is 123 Å². The third kappa shape index (κ3) is 42.8. The highest BCUT2D eigenvalue weighted by Gasteiger charge is 2.61. The topological polar surface area (TPSA) is 410 Å². The highest BCUT2D eigenvalue weighted by atomic mass is 35.5. The molecule has 15 saturated carbocycles. The first-order chi connectivity index (χ1) is 63.8. The first-order valence-electron chi connectivity index (χ1n) is 51.7. The van der Waals surface area contributed by atoms with E-state index in [-0.39, 0.29) is 164 Å². The van der Waals surface area contributed by atoms with Crippen molar-refractivity contribution in [2.75, 3.05) is 0 Å². The zero-order chi connectivity index (χ0) is 99.9. The predicted octanol–water partition coefficient (Wildman–Crippen LogP) is 23.8. The van der Waals surface area contributed by atoms with Crippen molar-refractivity contribution >= 4 is 17.6 Å². The lowest BCUT2D eigenvalue weighted by Gasteiger charge is -2.43. The molecule has 0 aromatic carbocycles. The Balaban J connectivity index is -0.000000416. The summed E-state index contributed by atoms with van der Waals surface area (Å²) in [6.45, 7) is 13.1. The maximum absolute atomic E-state index is 14.7. The highest BCUT2D eigenvalue weighted by Crippen LogP contribution is 2.55. The Morgan fingerprint density at radius 3 is 0.694 bits per heavy atom. The summed E-state index contributed by atoms with van der Waals surface area (Å²) >= 11 is 5.92. The van der Waals surface area contributed by atoms with Crippen LogP contribution in [0.25, 0.3) is 0 Å². The zero-order valence-corrected chi connectivity index (χ0v) is 86.0. The number of alkyl halides is 29. The SMILES string of the molecule is CC1CCC(C(F)(F)OC2CC(F)C(F)C(F)C2)CC1.CC1CCC(C2CC(F)C(C(F)(F)OC3CC(F)C(F)C(F)C3)C(F)C2)CC1.CC1CCC(C2CC(F)C(C(F)(F)OC3CC(F)C(OC(F)(F)F)C(F)C3)C(F)C2)CC1.CC1CCC(C2CC(F)C(F)C(F)C2)CC1.CC1CCC(C2CCC(C(=O)OC3CC(F)C(F)C(F)C3)CC2)CC1.CC1CCC(C2CCC(Cl)C(F)C2)CC1.O.O.O.O.O.O.O.O.O.O.O.[HH].[HH].[HH].[HH]. The van der Waals surface area contributed by atoms with E-state index in [9.17, 15) is 128 Å². The van der Waals surface area contributed by atoms with Gasteiger partial charge in [-0.3, -0.25) is 9.53 Å². The minimum absolute atomic E-state index is 0. The lowest BCUT2D eigenvalue weighted by molar-refractivity contribution is -0.366. The number of carbonyl (C=O) groups is 1. The van der Waals surface area contributed by atoms with Crippen LogP contribution in [0.5, 0.6) is 0 Å². The van der Waals surface area contributed by atoms with Gasteiger partial charge in [0, 0.05) is 57.1 Å². The van der Waals surface area contributed by atoms with Crippen LogP contribution >= 0.6 is 11.6 Å². The molecule has 0 amide bonds. The van der Waals surface area contributed by atoms with Crippen LogP contribution in [0.15, 0.2) is 0 Å². The van der Waals surface area contributed by atoms with Crippen LogP contribution in [-0.4, -0.2) is 244 Å². The van der Waals surface area contributed by atoms with Crippen molar-refractivity contribution in [1.82, 2.24) is 0 Å². The quantitative estimate of drug-likeness (QED) is 0.0773. The van der Waals surface area contributed by atoms with Crippen molar-refractivity contribution in [3.63, 3.8) is 0 Å². The molecule has 46 heteroatoms. The smallest absolute Gasteiger partial charge is 0.462 e. The molecule has 0 aromatic heterocycles. The summed E-state index contributed by atoms with van der Waals surface area (Å²) in [5, 5.41) is -0.205. The summed E-state index contributed by atoms with van der Waals surface area (Å²) in [5.41, 5.74) is 0. The maximum atomic E-state index is 14.7. The summed E-state index contributed by atoms with van der Waals surface area (Å²) < 4.78 is 405. The Hall–Kier alpha value is -2.80. The van der Waals surface area contributed by atoms with Crippen molar-refractivity contribution < 1.29 is 217 Å². The number of hydrogen-bond acceptors (Lipinski definition) is 6. The molecular weight excluding hydrogens is 2050 g/mol. The molecule has 147 heavy (non-hydrogen) atoms. The van der Waals surface area contributed by atoms with Gasteiger partial charge in [-0.15, -0.1) is 24.8 Å². The van der Waals surface area contributed by atoms with Gasteiger partial charge in [0.15, 0.2) is 24.7 Å². The number of ether oxygens (including phenoxy) is 5. The molecule has 0 heterocycles. The number of esters is 1. The average Bonchev–Trinajstić information content (AvgIpc) is 0.776. The second-order valence-corrected chi connectivity index (χ2v) is 45.5. The van der Waals surface area contributed by atoms with Gasteiger partial charge in [-0.2, -0.15) is 26.3 Å². The summed E-state index contributed by atoms with van der Waals surface area (Å²) in [7, 11) is 0. The second kappa shape index (κ2) is 66.2. The van der Waals surface area contributed by atoms with E-state index in [4.69, 9.17) is 16.3 Å². The first-order valence-corrected chi connectivity index (χ1v) is 52.2. The lowest BCUT2D eigenvalue weighted by atomic mass is 9.68. The molecule has 0 saturated heterocycles. The first kappa shape index (κ1) is 146. The fourth-order valence-electron chi connectivity index (χ4n) is 25.5. The van der Waals surface area contributed by atoms with Gasteiger partial charge in [0.1, 0.15) is 117 Å². The summed E-state index contributed by atoms with van der Waals surface area (Å²) in [6, 6.07) is 0. The van der Waals surface area contributed by atoms with E-state index in [1.54, 1.807) is 0 Å². The Kier molecular flexibility index (Phi) is 65.8. The van der Waals surface area contributed by atoms with Crippen molar-refractivity contribution in [3.8, 4) is 0 Å². The van der Waals surface area contributed by atoms with Gasteiger partial charge in [-0.1, -0.05) is 119 Å². The fourth-order valence-corrected chi connectivity index (χ4v) is 25.7. The molecule has 0 bridgehead atoms. The normalized spacial score (nSPS) is 42.9. The molecule has 892 valence electrons. The van der Waals surface area contributed by atoms with Crippen LogP contribution < -0.4 is 0 Å². The molecule has 0 aliphatic heterocycles. The Labute approximate surface area is 858 Å². The molecule has 17 nitrogen and oxygen atoms in total. The number of carbonyl (C=O) groups excluding carboxylic acids is 1. The van der Waals surface area contributed by atoms with Gasteiger partial charge >= 0.3 is 30.7 Å². The number of rotatable bonds is 17. The molecule has 17 unspecified atom stereocenters. The standard InChI is InChI=1S/C21H29F9O2.C20H29F7O.C20H31F3O2.C14H21F5O.C13H22ClF.C13H21F3.11H2O.4H2/c1-10-2-4-11(5-3-10)12-6-14(22)18(15(23)7-12)20(26,27)31-13-8-16(24)19(17(25)9-13)32-21(28,29)30;1-10-2-4-11(5-3-10)12-6-14(21)18(15(22)7-12)20(26,27)28-13-8-16(23)19(25)17(24)9-13;1-12-2-4-13(5-3-12)14-6-8-15(9-7-14)20(24)25-16-10-17(21)19(23)18(22)11-16;1-8-2-4-9(5-3-8)14(18,19)20-10-6-11(15)13(17)12(16)7-10;1-9-2-4-10(5-3-9)11-6-7-12(14)13(15)8-11;1-8-2-4-9(5-3-8)10-6-11(14)13(16)12(15)7-10;;;;;;;;;;;;;;;/h10-19H,2-9H2,1H3;10-19H,2-9H2,1H3;12-19H,2-11H2,1H3;8-13H,2-7H2,1H3;9-13H,2-8H2,1H3;8-13H,2-7H2,1H3;11*1H2;4*1H. The molecule has 0 aromatic rings. The molecule has 17 atom stereocenters. The number of halogens is 29. The van der Waals surface area contributed by atoms with Crippen molar-refractivity contribution in [2.45, 2.75) is 508 Å². The minimum atomic E-state index is -5.30. The monoisotopic (exact) mass is 2240 g/mol. The van der Waals surface area contributed by atoms with Crippen LogP contribution in [-0.2, 0) is 28.5 Å². The zero-order valence-electron chi connectivity index (χ0n) is 85.2. The highest BCUT2D eigenvalue weighted by molar-refractivity contribution is 6.21. The van der Waals surface area contributed by atoms with Crippen molar-refractivity contribution in [2.24, 2.45) is 118 Å². The van der Waals surface area contributed by atoms with Gasteiger partial charge in [-0.25, -0.2) is 83.4 Å². The van der Waals surface area contributed by atoms with Gasteiger partial charge in [-0.05, 0) is 255 Å². The minimum Gasteiger partial charge on any atom is -0.462 e. The van der Waals surface area contributed by atoms with Gasteiger partial charge < -0.3 is 79.2 Å². The lowest BCUT2D eigenvalue weighted by Crippen LogP contribution is -2.53. The van der Waals surface area contributed by atoms with E-state index in [1.165, 1.54) is 51.4 Å². The van der Waals surface area contributed by atoms with E-state index in [1.807, 2.05) is 6.92 Å².